The molecule has 0 saturated heterocycles. The summed E-state index contributed by atoms with van der Waals surface area (Å²) in [6.45, 7) is 4.00. The van der Waals surface area contributed by atoms with Gasteiger partial charge in [-0.05, 0) is 50.1 Å². The number of rotatable bonds is 5. The Morgan fingerprint density at radius 1 is 1.09 bits per heavy atom. The van der Waals surface area contributed by atoms with Gasteiger partial charge in [0.25, 0.3) is 0 Å². The van der Waals surface area contributed by atoms with E-state index in [0.717, 1.165) is 39.0 Å². The van der Waals surface area contributed by atoms with E-state index in [1.807, 2.05) is 59.9 Å². The van der Waals surface area contributed by atoms with Gasteiger partial charge in [0.1, 0.15) is 17.4 Å². The molecule has 5 aromatic rings. The predicted molar refractivity (Wildman–Crippen MR) is 120 cm³/mol. The van der Waals surface area contributed by atoms with Gasteiger partial charge in [0, 0.05) is 12.0 Å². The minimum Gasteiger partial charge on any atom is -0.466 e. The monoisotopic (exact) mass is 424 g/mol. The second kappa shape index (κ2) is 7.78. The van der Waals surface area contributed by atoms with Crippen LogP contribution in [0.3, 0.4) is 0 Å². The molecule has 32 heavy (non-hydrogen) atoms. The molecule has 0 aliphatic rings. The van der Waals surface area contributed by atoms with Crippen LogP contribution in [0, 0.1) is 18.3 Å². The first kappa shape index (κ1) is 19.7. The van der Waals surface area contributed by atoms with Crippen LogP contribution in [0.5, 0.6) is 0 Å². The van der Waals surface area contributed by atoms with Gasteiger partial charge in [0.15, 0.2) is 5.65 Å². The molecule has 8 nitrogen and oxygen atoms in total. The van der Waals surface area contributed by atoms with Crippen molar-refractivity contribution in [3.05, 3.63) is 65.2 Å². The van der Waals surface area contributed by atoms with Crippen molar-refractivity contribution in [2.24, 2.45) is 0 Å². The third kappa shape index (κ3) is 2.98. The molecule has 5 rings (SSSR count). The molecule has 0 aliphatic carbocycles. The van der Waals surface area contributed by atoms with Crippen molar-refractivity contribution in [2.75, 3.05) is 6.61 Å². The molecule has 3 heterocycles. The fourth-order valence-corrected chi connectivity index (χ4v) is 4.17. The first-order valence-electron chi connectivity index (χ1n) is 10.4. The minimum absolute atomic E-state index is 0.192. The number of carbonyl (C=O) groups excluding carboxylic acids is 1. The first-order valence-corrected chi connectivity index (χ1v) is 10.4. The molecule has 0 fully saturated rings. The molecule has 0 radical (unpaired) electrons. The van der Waals surface area contributed by atoms with Crippen molar-refractivity contribution in [1.29, 1.82) is 5.26 Å². The third-order valence-electron chi connectivity index (χ3n) is 5.64. The molecular formula is C24H20N6O2. The third-order valence-corrected chi connectivity index (χ3v) is 5.64. The maximum absolute atomic E-state index is 12.2. The smallest absolute Gasteiger partial charge is 0.306 e. The zero-order chi connectivity index (χ0) is 22.2. The zero-order valence-corrected chi connectivity index (χ0v) is 17.7. The Labute approximate surface area is 183 Å². The fraction of sp³-hybridized carbons (Fsp3) is 0.208. The van der Waals surface area contributed by atoms with Gasteiger partial charge < -0.3 is 4.74 Å². The van der Waals surface area contributed by atoms with Gasteiger partial charge in [-0.2, -0.15) is 9.94 Å². The van der Waals surface area contributed by atoms with Crippen molar-refractivity contribution < 1.29 is 9.53 Å². The highest BCUT2D eigenvalue weighted by Crippen LogP contribution is 2.32. The molecule has 0 aliphatic heterocycles. The second-order valence-electron chi connectivity index (χ2n) is 7.47. The number of nitriles is 1. The van der Waals surface area contributed by atoms with E-state index >= 15 is 0 Å². The van der Waals surface area contributed by atoms with Crippen molar-refractivity contribution in [1.82, 2.24) is 24.4 Å². The highest BCUT2D eigenvalue weighted by atomic mass is 16.5. The molecule has 8 heteroatoms. The van der Waals surface area contributed by atoms with Crippen LogP contribution in [0.25, 0.3) is 33.5 Å². The average Bonchev–Trinajstić information content (AvgIpc) is 3.39. The molecule has 0 spiro atoms. The SMILES string of the molecule is CCOC(=O)CCc1c(C)c(C#N)c2nc3ccccc3n2c1-n1nnc2ccccc21. The molecule has 0 bridgehead atoms. The summed E-state index contributed by atoms with van der Waals surface area (Å²) < 4.78 is 8.86. The Morgan fingerprint density at radius 2 is 1.81 bits per heavy atom. The summed E-state index contributed by atoms with van der Waals surface area (Å²) in [5, 5.41) is 18.8. The normalized spacial score (nSPS) is 11.3. The van der Waals surface area contributed by atoms with E-state index < -0.39 is 0 Å². The molecule has 0 saturated carbocycles. The topological polar surface area (TPSA) is 98.1 Å². The molecule has 0 N–H and O–H groups in total. The fourth-order valence-electron chi connectivity index (χ4n) is 4.17. The Bertz CT molecular complexity index is 1540. The largest absolute Gasteiger partial charge is 0.466 e. The number of benzene rings is 2. The van der Waals surface area contributed by atoms with E-state index in [-0.39, 0.29) is 12.4 Å². The average molecular weight is 424 g/mol. The van der Waals surface area contributed by atoms with Crippen LogP contribution in [-0.2, 0) is 16.0 Å². The molecule has 158 valence electrons. The standard InChI is InChI=1S/C24H20N6O2/c1-3-32-22(31)13-12-16-15(2)17(14-25)23-26-18-8-4-6-10-20(18)29(23)24(16)30-21-11-7-5-9-19(21)27-28-30/h4-11H,3,12-13H2,1-2H3. The quantitative estimate of drug-likeness (QED) is 0.397. The van der Waals surface area contributed by atoms with Crippen molar-refractivity contribution >= 4 is 33.7 Å². The molecule has 0 atom stereocenters. The van der Waals surface area contributed by atoms with Gasteiger partial charge >= 0.3 is 5.97 Å². The van der Waals surface area contributed by atoms with E-state index in [2.05, 4.69) is 16.4 Å². The molecule has 0 unspecified atom stereocenters. The molecule has 0 amide bonds. The number of pyridine rings is 1. The lowest BCUT2D eigenvalue weighted by Gasteiger charge is -2.17. The number of hydrogen-bond donors (Lipinski definition) is 0. The number of hydrogen-bond acceptors (Lipinski definition) is 6. The summed E-state index contributed by atoms with van der Waals surface area (Å²) in [6, 6.07) is 17.7. The van der Waals surface area contributed by atoms with Crippen LogP contribution in [0.15, 0.2) is 48.5 Å². The highest BCUT2D eigenvalue weighted by molar-refractivity contribution is 5.86. The van der Waals surface area contributed by atoms with Crippen molar-refractivity contribution in [2.45, 2.75) is 26.7 Å². The van der Waals surface area contributed by atoms with E-state index in [9.17, 15) is 10.1 Å². The predicted octanol–water partition coefficient (Wildman–Crippen LogP) is 3.90. The number of nitrogens with zero attached hydrogens (tertiary/aromatic N) is 6. The van der Waals surface area contributed by atoms with Crippen LogP contribution >= 0.6 is 0 Å². The minimum atomic E-state index is -0.282. The molecule has 2 aromatic carbocycles. The number of carbonyl (C=O) groups is 1. The number of esters is 1. The summed E-state index contributed by atoms with van der Waals surface area (Å²) in [6.07, 6.45) is 0.586. The van der Waals surface area contributed by atoms with Gasteiger partial charge in [-0.15, -0.1) is 5.10 Å². The van der Waals surface area contributed by atoms with Gasteiger partial charge in [-0.25, -0.2) is 4.98 Å². The lowest BCUT2D eigenvalue weighted by atomic mass is 10.00. The van der Waals surface area contributed by atoms with Crippen molar-refractivity contribution in [3.8, 4) is 11.9 Å². The lowest BCUT2D eigenvalue weighted by Crippen LogP contribution is -2.14. The van der Waals surface area contributed by atoms with Gasteiger partial charge in [0.2, 0.25) is 0 Å². The van der Waals surface area contributed by atoms with Crippen LogP contribution in [0.4, 0.5) is 0 Å². The summed E-state index contributed by atoms with van der Waals surface area (Å²) in [7, 11) is 0. The Kier molecular flexibility index (Phi) is 4.79. The van der Waals surface area contributed by atoms with Gasteiger partial charge in [-0.3, -0.25) is 9.20 Å². The van der Waals surface area contributed by atoms with E-state index in [0.29, 0.717) is 24.2 Å². The number of ether oxygens (including phenoxy) is 1. The van der Waals surface area contributed by atoms with Crippen LogP contribution < -0.4 is 0 Å². The van der Waals surface area contributed by atoms with Crippen LogP contribution in [-0.4, -0.2) is 37.0 Å². The summed E-state index contributed by atoms with van der Waals surface area (Å²) in [4.78, 5) is 16.9. The first-order chi connectivity index (χ1) is 15.6. The number of fused-ring (bicyclic) bond motifs is 4. The number of imidazole rings is 1. The number of aromatic nitrogens is 5. The molecular weight excluding hydrogens is 404 g/mol. The maximum Gasteiger partial charge on any atom is 0.306 e. The summed E-state index contributed by atoms with van der Waals surface area (Å²) >= 11 is 0. The Hall–Kier alpha value is -4.25. The highest BCUT2D eigenvalue weighted by Gasteiger charge is 2.24. The maximum atomic E-state index is 12.2. The van der Waals surface area contributed by atoms with Crippen LogP contribution in [0.2, 0.25) is 0 Å². The lowest BCUT2D eigenvalue weighted by molar-refractivity contribution is -0.143. The van der Waals surface area contributed by atoms with Gasteiger partial charge in [0.05, 0.1) is 28.7 Å². The molecule has 3 aromatic heterocycles. The van der Waals surface area contributed by atoms with E-state index in [4.69, 9.17) is 9.72 Å². The zero-order valence-electron chi connectivity index (χ0n) is 17.7. The Morgan fingerprint density at radius 3 is 2.56 bits per heavy atom. The summed E-state index contributed by atoms with van der Waals surface area (Å²) in [5.41, 5.74) is 5.85. The number of para-hydroxylation sites is 3. The van der Waals surface area contributed by atoms with E-state index in [1.54, 1.807) is 11.6 Å². The van der Waals surface area contributed by atoms with Gasteiger partial charge in [-0.1, -0.05) is 29.5 Å². The van der Waals surface area contributed by atoms with E-state index in [1.165, 1.54) is 0 Å². The van der Waals surface area contributed by atoms with Crippen LogP contribution in [0.1, 0.15) is 30.0 Å². The summed E-state index contributed by atoms with van der Waals surface area (Å²) in [5.74, 6) is 0.443. The Balaban J connectivity index is 1.89. The van der Waals surface area contributed by atoms with Crippen molar-refractivity contribution in [3.63, 3.8) is 0 Å². The second-order valence-corrected chi connectivity index (χ2v) is 7.47.